The van der Waals surface area contributed by atoms with Crippen LogP contribution in [0.25, 0.3) is 6.08 Å². The highest BCUT2D eigenvalue weighted by molar-refractivity contribution is 5.87. The molecule has 0 saturated carbocycles. The average Bonchev–Trinajstić information content (AvgIpc) is 3.42. The fourth-order valence-electron chi connectivity index (χ4n) is 6.00. The van der Waals surface area contributed by atoms with Gasteiger partial charge in [-0.3, -0.25) is 0 Å². The number of phenolic OH excluding ortho intramolecular Hbond substituents is 4. The van der Waals surface area contributed by atoms with E-state index in [1.807, 2.05) is 0 Å². The van der Waals surface area contributed by atoms with E-state index < -0.39 is 111 Å². The molecule has 3 saturated heterocycles. The first-order valence-corrected chi connectivity index (χ1v) is 16.6. The van der Waals surface area contributed by atoms with Crippen LogP contribution in [0.1, 0.15) is 18.1 Å². The minimum absolute atomic E-state index is 0.124. The summed E-state index contributed by atoms with van der Waals surface area (Å²) in [7, 11) is 0. The van der Waals surface area contributed by atoms with Crippen molar-refractivity contribution in [3.05, 3.63) is 53.6 Å². The summed E-state index contributed by atoms with van der Waals surface area (Å²) in [5.74, 6) is -2.54. The highest BCUT2D eigenvalue weighted by Crippen LogP contribution is 2.35. The molecule has 0 amide bonds. The lowest BCUT2D eigenvalue weighted by Gasteiger charge is -2.47. The van der Waals surface area contributed by atoms with Gasteiger partial charge in [0.25, 0.3) is 0 Å². The molecule has 3 fully saturated rings. The van der Waals surface area contributed by atoms with Crippen molar-refractivity contribution in [1.29, 1.82) is 0 Å². The molecule has 19 heteroatoms. The Morgan fingerprint density at radius 1 is 0.830 bits per heavy atom. The van der Waals surface area contributed by atoms with E-state index in [1.165, 1.54) is 49.4 Å². The molecule has 19 nitrogen and oxygen atoms in total. The van der Waals surface area contributed by atoms with E-state index in [-0.39, 0.29) is 30.3 Å². The highest BCUT2D eigenvalue weighted by atomic mass is 16.8. The Bertz CT molecular complexity index is 1570. The van der Waals surface area contributed by atoms with Crippen molar-refractivity contribution in [1.82, 2.24) is 0 Å². The molecule has 0 aliphatic carbocycles. The lowest BCUT2D eigenvalue weighted by molar-refractivity contribution is -0.365. The standard InChI is InChI=1S/C34H44O19/c1-15-27(52-33-30(45)34(46,13-36)14-48-33)24(42)25(43)32(49-15)53-29-26(44)31(47-9-8-17-3-6-19(38)21(40)11-17)50-22(12-35)28(29)51-23(41)7-4-16-2-5-18(37)20(39)10-16/h2-7,10-11,15,22,24-33,35-40,42-46H,8-9,12-14H2,1H3/b7-4+/t15-,22+,24-,25+,26+,27-,28+,29+,30-,31+,32-,33-,34-/m0/s1. The van der Waals surface area contributed by atoms with Crippen molar-refractivity contribution in [2.24, 2.45) is 0 Å². The average molecular weight is 757 g/mol. The van der Waals surface area contributed by atoms with Crippen molar-refractivity contribution < 1.29 is 94.1 Å². The summed E-state index contributed by atoms with van der Waals surface area (Å²) >= 11 is 0. The van der Waals surface area contributed by atoms with E-state index in [0.29, 0.717) is 11.1 Å². The van der Waals surface area contributed by atoms with Crippen LogP contribution in [0, 0.1) is 0 Å². The van der Waals surface area contributed by atoms with Gasteiger partial charge in [-0.15, -0.1) is 0 Å². The molecule has 11 N–H and O–H groups in total. The zero-order chi connectivity index (χ0) is 38.6. The van der Waals surface area contributed by atoms with Gasteiger partial charge in [0.15, 0.2) is 48.0 Å². The third-order valence-corrected chi connectivity index (χ3v) is 9.11. The molecule has 0 bridgehead atoms. The van der Waals surface area contributed by atoms with Crippen LogP contribution in [0.2, 0.25) is 0 Å². The lowest BCUT2D eigenvalue weighted by atomic mass is 9.96. The number of aromatic hydroxyl groups is 4. The predicted molar refractivity (Wildman–Crippen MR) is 174 cm³/mol. The number of phenols is 4. The van der Waals surface area contributed by atoms with Gasteiger partial charge in [0.2, 0.25) is 0 Å². The van der Waals surface area contributed by atoms with Gasteiger partial charge in [-0.1, -0.05) is 12.1 Å². The highest BCUT2D eigenvalue weighted by Gasteiger charge is 2.55. The Kier molecular flexibility index (Phi) is 13.2. The molecular weight excluding hydrogens is 712 g/mol. The largest absolute Gasteiger partial charge is 0.504 e. The van der Waals surface area contributed by atoms with Crippen molar-refractivity contribution in [3.8, 4) is 23.0 Å². The Morgan fingerprint density at radius 3 is 2.15 bits per heavy atom. The van der Waals surface area contributed by atoms with Crippen LogP contribution in [0.5, 0.6) is 23.0 Å². The SMILES string of the molecule is C[C@@H]1O[C@@H](O[C@@H]2[C@@H](O)[C@H](OCCc3ccc(O)c(O)c3)O[C@H](CO)[C@H]2OC(=O)/C=C/c2ccc(O)c(O)c2)[C@H](O)[C@H](O)[C@H]1O[C@@H]1OC[C@@](O)(CO)[C@H]1O. The molecule has 3 aliphatic rings. The number of esters is 1. The summed E-state index contributed by atoms with van der Waals surface area (Å²) in [6, 6.07) is 7.87. The van der Waals surface area contributed by atoms with Crippen LogP contribution in [0.15, 0.2) is 42.5 Å². The molecule has 3 aliphatic heterocycles. The smallest absolute Gasteiger partial charge is 0.331 e. The number of benzene rings is 2. The quantitative estimate of drug-likeness (QED) is 0.0569. The number of aliphatic hydroxyl groups excluding tert-OH is 6. The lowest BCUT2D eigenvalue weighted by Crippen LogP contribution is -2.65. The monoisotopic (exact) mass is 756 g/mol. The predicted octanol–water partition coefficient (Wildman–Crippen LogP) is -2.55. The fraction of sp³-hybridized carbons (Fsp3) is 0.559. The number of ether oxygens (including phenoxy) is 7. The summed E-state index contributed by atoms with van der Waals surface area (Å²) in [6.07, 6.45) is -16.8. The second-order valence-electron chi connectivity index (χ2n) is 12.9. The maximum absolute atomic E-state index is 13.0. The Labute approximate surface area is 302 Å². The van der Waals surface area contributed by atoms with Crippen LogP contribution in [0.3, 0.4) is 0 Å². The third kappa shape index (κ3) is 9.18. The fourth-order valence-corrected chi connectivity index (χ4v) is 6.00. The van der Waals surface area contributed by atoms with Crippen LogP contribution < -0.4 is 0 Å². The maximum atomic E-state index is 13.0. The summed E-state index contributed by atoms with van der Waals surface area (Å²) in [5.41, 5.74) is -1.18. The van der Waals surface area contributed by atoms with Gasteiger partial charge in [0.1, 0.15) is 48.3 Å². The van der Waals surface area contributed by atoms with E-state index >= 15 is 0 Å². The van der Waals surface area contributed by atoms with Gasteiger partial charge in [-0.05, 0) is 54.8 Å². The molecule has 5 rings (SSSR count). The number of carbonyl (C=O) groups excluding carboxylic acids is 1. The zero-order valence-electron chi connectivity index (χ0n) is 28.3. The van der Waals surface area contributed by atoms with Gasteiger partial charge in [-0.25, -0.2) is 4.79 Å². The maximum Gasteiger partial charge on any atom is 0.331 e. The van der Waals surface area contributed by atoms with Gasteiger partial charge < -0.3 is 89.3 Å². The molecule has 2 aromatic rings. The van der Waals surface area contributed by atoms with E-state index in [9.17, 15) is 61.0 Å². The first-order valence-electron chi connectivity index (χ1n) is 16.6. The van der Waals surface area contributed by atoms with Gasteiger partial charge in [-0.2, -0.15) is 0 Å². The van der Waals surface area contributed by atoms with Gasteiger partial charge in [0.05, 0.1) is 32.5 Å². The summed E-state index contributed by atoms with van der Waals surface area (Å²) < 4.78 is 39.7. The summed E-state index contributed by atoms with van der Waals surface area (Å²) in [4.78, 5) is 13.0. The topological polar surface area (TPSA) is 304 Å². The number of aliphatic hydroxyl groups is 7. The third-order valence-electron chi connectivity index (χ3n) is 9.11. The molecule has 294 valence electrons. The molecule has 0 spiro atoms. The van der Waals surface area contributed by atoms with Crippen LogP contribution >= 0.6 is 0 Å². The number of hydrogen-bond donors (Lipinski definition) is 11. The normalized spacial score (nSPS) is 36.2. The molecule has 0 aromatic heterocycles. The van der Waals surface area contributed by atoms with Crippen LogP contribution in [-0.2, 0) is 44.4 Å². The molecule has 0 unspecified atom stereocenters. The Morgan fingerprint density at radius 2 is 1.51 bits per heavy atom. The van der Waals surface area contributed by atoms with E-state index in [4.69, 9.17) is 33.2 Å². The Balaban J connectivity index is 1.32. The number of hydrogen-bond acceptors (Lipinski definition) is 19. The molecule has 3 heterocycles. The van der Waals surface area contributed by atoms with E-state index in [2.05, 4.69) is 0 Å². The number of rotatable bonds is 13. The van der Waals surface area contributed by atoms with E-state index in [0.717, 1.165) is 6.08 Å². The molecule has 53 heavy (non-hydrogen) atoms. The molecule has 2 aromatic carbocycles. The van der Waals surface area contributed by atoms with Crippen molar-refractivity contribution in [2.75, 3.05) is 26.4 Å². The minimum atomic E-state index is -2.03. The summed E-state index contributed by atoms with van der Waals surface area (Å²) in [6.45, 7) is -0.826. The van der Waals surface area contributed by atoms with Crippen molar-refractivity contribution in [2.45, 2.75) is 92.8 Å². The molecular formula is C34H44O19. The zero-order valence-corrected chi connectivity index (χ0v) is 28.3. The van der Waals surface area contributed by atoms with Crippen LogP contribution in [-0.4, -0.2) is 168 Å². The Hall–Kier alpha value is -3.67. The van der Waals surface area contributed by atoms with Gasteiger partial charge in [0, 0.05) is 6.08 Å². The van der Waals surface area contributed by atoms with Crippen molar-refractivity contribution >= 4 is 12.0 Å². The minimum Gasteiger partial charge on any atom is -0.504 e. The van der Waals surface area contributed by atoms with Crippen molar-refractivity contribution in [3.63, 3.8) is 0 Å². The van der Waals surface area contributed by atoms with Crippen LogP contribution in [0.4, 0.5) is 0 Å². The number of carbonyl (C=O) groups is 1. The summed E-state index contributed by atoms with van der Waals surface area (Å²) in [5, 5.41) is 113. The first kappa shape index (κ1) is 40.5. The molecule has 13 atom stereocenters. The second-order valence-corrected chi connectivity index (χ2v) is 12.9. The molecule has 0 radical (unpaired) electrons. The van der Waals surface area contributed by atoms with E-state index in [1.54, 1.807) is 0 Å². The second kappa shape index (κ2) is 17.2. The first-order chi connectivity index (χ1) is 25.1. The van der Waals surface area contributed by atoms with Gasteiger partial charge >= 0.3 is 5.97 Å².